The van der Waals surface area contributed by atoms with Crippen LogP contribution in [0.2, 0.25) is 0 Å². The Bertz CT molecular complexity index is 806. The zero-order valence-corrected chi connectivity index (χ0v) is 16.7. The van der Waals surface area contributed by atoms with Gasteiger partial charge in [0.05, 0.1) is 23.1 Å². The average molecular weight is 408 g/mol. The molecule has 0 aliphatic carbocycles. The summed E-state index contributed by atoms with van der Waals surface area (Å²) in [6, 6.07) is 2.38. The van der Waals surface area contributed by atoms with Gasteiger partial charge in [-0.25, -0.2) is 9.97 Å². The summed E-state index contributed by atoms with van der Waals surface area (Å²) in [5.41, 5.74) is 0.701. The fraction of sp³-hybridized carbons (Fsp3) is 0.611. The summed E-state index contributed by atoms with van der Waals surface area (Å²) in [5.74, 6) is 0.875. The van der Waals surface area contributed by atoms with Gasteiger partial charge in [0.25, 0.3) is 5.56 Å². The van der Waals surface area contributed by atoms with Crippen molar-refractivity contribution in [3.63, 3.8) is 0 Å². The van der Waals surface area contributed by atoms with Gasteiger partial charge in [0.1, 0.15) is 10.4 Å². The molecule has 2 atom stereocenters. The maximum absolute atomic E-state index is 13.0. The number of nitrogens with zero attached hydrogens (tertiary/aromatic N) is 4. The first-order valence-corrected chi connectivity index (χ1v) is 9.87. The minimum atomic E-state index is 0.0230. The van der Waals surface area contributed by atoms with E-state index >= 15 is 0 Å². The van der Waals surface area contributed by atoms with Gasteiger partial charge in [-0.15, -0.1) is 0 Å². The molecule has 1 N–H and O–H groups in total. The highest BCUT2D eigenvalue weighted by atomic mass is 79.9. The molecule has 0 saturated carbocycles. The first-order valence-electron chi connectivity index (χ1n) is 9.08. The van der Waals surface area contributed by atoms with Crippen LogP contribution in [0.4, 0.5) is 0 Å². The molecule has 0 bridgehead atoms. The van der Waals surface area contributed by atoms with Gasteiger partial charge in [-0.1, -0.05) is 13.3 Å². The third-order valence-corrected chi connectivity index (χ3v) is 5.29. The Kier molecular flexibility index (Phi) is 5.86. The second-order valence-corrected chi connectivity index (χ2v) is 7.51. The first kappa shape index (κ1) is 18.5. The average Bonchev–Trinajstić information content (AvgIpc) is 2.60. The smallest absolute Gasteiger partial charge is 0.261 e. The molecule has 2 aromatic rings. The van der Waals surface area contributed by atoms with Crippen molar-refractivity contribution in [2.75, 3.05) is 19.6 Å². The van der Waals surface area contributed by atoms with Crippen molar-refractivity contribution in [2.45, 2.75) is 52.2 Å². The molecule has 25 heavy (non-hydrogen) atoms. The minimum Gasteiger partial charge on any atom is -0.312 e. The highest BCUT2D eigenvalue weighted by molar-refractivity contribution is 9.10. The molecule has 0 spiro atoms. The number of piperazine rings is 1. The quantitative estimate of drug-likeness (QED) is 0.771. The van der Waals surface area contributed by atoms with E-state index in [4.69, 9.17) is 4.98 Å². The number of rotatable bonds is 5. The lowest BCUT2D eigenvalue weighted by Crippen LogP contribution is -2.51. The Balaban J connectivity index is 2.13. The Morgan fingerprint density at radius 1 is 1.44 bits per heavy atom. The van der Waals surface area contributed by atoms with Gasteiger partial charge in [0, 0.05) is 32.2 Å². The van der Waals surface area contributed by atoms with Crippen molar-refractivity contribution in [1.82, 2.24) is 24.8 Å². The van der Waals surface area contributed by atoms with E-state index in [9.17, 15) is 4.79 Å². The van der Waals surface area contributed by atoms with E-state index in [1.807, 2.05) is 11.5 Å². The fourth-order valence-electron chi connectivity index (χ4n) is 3.67. The molecule has 0 radical (unpaired) electrons. The number of nitrogens with one attached hydrogen (secondary N) is 1. The van der Waals surface area contributed by atoms with E-state index in [1.54, 1.807) is 12.3 Å². The van der Waals surface area contributed by atoms with E-state index < -0.39 is 0 Å². The fourth-order valence-corrected chi connectivity index (χ4v) is 4.00. The zero-order valence-electron chi connectivity index (χ0n) is 15.1. The summed E-state index contributed by atoms with van der Waals surface area (Å²) in [6.45, 7) is 9.95. The van der Waals surface area contributed by atoms with Gasteiger partial charge in [0.15, 0.2) is 0 Å². The number of hydrogen-bond acceptors (Lipinski definition) is 5. The molecule has 7 heteroatoms. The molecular formula is C18H26BrN5O. The SMILES string of the molecule is CCC[C@H](c1nc2cnc(Br)cc2c(=O)n1CC)N1CCN[C@H](C)C1. The largest absolute Gasteiger partial charge is 0.312 e. The van der Waals surface area contributed by atoms with Crippen LogP contribution in [0.3, 0.4) is 0 Å². The number of pyridine rings is 1. The molecule has 6 nitrogen and oxygen atoms in total. The molecule has 3 rings (SSSR count). The maximum atomic E-state index is 13.0. The number of aromatic nitrogens is 3. The van der Waals surface area contributed by atoms with Crippen LogP contribution in [0.15, 0.2) is 21.7 Å². The molecule has 0 unspecified atom stereocenters. The van der Waals surface area contributed by atoms with E-state index in [0.717, 1.165) is 38.3 Å². The highest BCUT2D eigenvalue weighted by Crippen LogP contribution is 2.26. The third-order valence-electron chi connectivity index (χ3n) is 4.85. The molecule has 0 aromatic carbocycles. The van der Waals surface area contributed by atoms with E-state index in [2.05, 4.69) is 45.0 Å². The molecular weight excluding hydrogens is 382 g/mol. The van der Waals surface area contributed by atoms with Crippen molar-refractivity contribution in [3.8, 4) is 0 Å². The molecule has 1 aliphatic rings. The summed E-state index contributed by atoms with van der Waals surface area (Å²) < 4.78 is 2.50. The lowest BCUT2D eigenvalue weighted by atomic mass is 10.1. The Morgan fingerprint density at radius 2 is 2.24 bits per heavy atom. The van der Waals surface area contributed by atoms with Crippen molar-refractivity contribution in [3.05, 3.63) is 33.0 Å². The van der Waals surface area contributed by atoms with Crippen molar-refractivity contribution >= 4 is 26.8 Å². The summed E-state index contributed by atoms with van der Waals surface area (Å²) in [4.78, 5) is 24.6. The predicted molar refractivity (Wildman–Crippen MR) is 104 cm³/mol. The minimum absolute atomic E-state index is 0.0230. The van der Waals surface area contributed by atoms with Crippen LogP contribution < -0.4 is 10.9 Å². The van der Waals surface area contributed by atoms with Crippen molar-refractivity contribution in [2.24, 2.45) is 0 Å². The van der Waals surface area contributed by atoms with Gasteiger partial charge in [-0.3, -0.25) is 14.3 Å². The lowest BCUT2D eigenvalue weighted by Gasteiger charge is -2.38. The van der Waals surface area contributed by atoms with Crippen molar-refractivity contribution < 1.29 is 0 Å². The van der Waals surface area contributed by atoms with E-state index in [-0.39, 0.29) is 11.6 Å². The standard InChI is InChI=1S/C18H26BrN5O/c1-4-6-15(23-8-7-20-12(3)11-23)17-22-14-10-21-16(19)9-13(14)18(25)24(17)5-2/h9-10,12,15,20H,4-8,11H2,1-3H3/t12-,15-/m1/s1. The zero-order chi connectivity index (χ0) is 18.0. The molecule has 1 saturated heterocycles. The van der Waals surface area contributed by atoms with Gasteiger partial charge in [-0.05, 0) is 42.3 Å². The van der Waals surface area contributed by atoms with Crippen LogP contribution in [-0.2, 0) is 6.54 Å². The molecule has 0 amide bonds. The third kappa shape index (κ3) is 3.78. The van der Waals surface area contributed by atoms with E-state index in [1.165, 1.54) is 0 Å². The monoisotopic (exact) mass is 407 g/mol. The predicted octanol–water partition coefficient (Wildman–Crippen LogP) is 2.71. The van der Waals surface area contributed by atoms with E-state index in [0.29, 0.717) is 28.1 Å². The Morgan fingerprint density at radius 3 is 2.92 bits per heavy atom. The normalized spacial score (nSPS) is 20.1. The van der Waals surface area contributed by atoms with Gasteiger partial charge in [-0.2, -0.15) is 0 Å². The number of fused-ring (bicyclic) bond motifs is 1. The van der Waals surface area contributed by atoms with Gasteiger partial charge >= 0.3 is 0 Å². The van der Waals surface area contributed by atoms with Crippen molar-refractivity contribution in [1.29, 1.82) is 0 Å². The van der Waals surface area contributed by atoms with Gasteiger partial charge < -0.3 is 5.32 Å². The number of halogens is 1. The molecule has 1 fully saturated rings. The highest BCUT2D eigenvalue weighted by Gasteiger charge is 2.28. The maximum Gasteiger partial charge on any atom is 0.261 e. The van der Waals surface area contributed by atoms with Crippen LogP contribution in [0, 0.1) is 0 Å². The van der Waals surface area contributed by atoms with Crippen LogP contribution in [-0.4, -0.2) is 45.1 Å². The van der Waals surface area contributed by atoms with Crippen LogP contribution in [0.1, 0.15) is 45.5 Å². The Hall–Kier alpha value is -1.31. The first-order chi connectivity index (χ1) is 12.0. The molecule has 3 heterocycles. The summed E-state index contributed by atoms with van der Waals surface area (Å²) in [6.07, 6.45) is 3.74. The summed E-state index contributed by atoms with van der Waals surface area (Å²) in [5, 5.41) is 4.11. The van der Waals surface area contributed by atoms with Gasteiger partial charge in [0.2, 0.25) is 0 Å². The summed E-state index contributed by atoms with van der Waals surface area (Å²) >= 11 is 3.35. The second-order valence-electron chi connectivity index (χ2n) is 6.70. The van der Waals surface area contributed by atoms with Crippen LogP contribution in [0.25, 0.3) is 10.9 Å². The molecule has 2 aromatic heterocycles. The second kappa shape index (κ2) is 7.93. The van der Waals surface area contributed by atoms with Crippen LogP contribution in [0.5, 0.6) is 0 Å². The topological polar surface area (TPSA) is 63.1 Å². The molecule has 136 valence electrons. The number of hydrogen-bond donors (Lipinski definition) is 1. The Labute approximate surface area is 156 Å². The summed E-state index contributed by atoms with van der Waals surface area (Å²) in [7, 11) is 0. The molecule has 1 aliphatic heterocycles. The lowest BCUT2D eigenvalue weighted by molar-refractivity contribution is 0.132. The van der Waals surface area contributed by atoms with Crippen LogP contribution >= 0.6 is 15.9 Å².